The zero-order valence-electron chi connectivity index (χ0n) is 9.00. The molecular formula is C12H20N2. The van der Waals surface area contributed by atoms with Gasteiger partial charge in [0.15, 0.2) is 0 Å². The average molecular weight is 192 g/mol. The Morgan fingerprint density at radius 1 is 1.43 bits per heavy atom. The molecule has 0 heterocycles. The number of nitriles is 1. The summed E-state index contributed by atoms with van der Waals surface area (Å²) < 4.78 is 0. The van der Waals surface area contributed by atoms with Gasteiger partial charge in [-0.3, -0.25) is 0 Å². The number of rotatable bonds is 4. The molecule has 2 fully saturated rings. The molecule has 1 N–H and O–H groups in total. The van der Waals surface area contributed by atoms with Gasteiger partial charge in [-0.1, -0.05) is 6.42 Å². The number of nitrogens with one attached hydrogen (secondary N) is 1. The molecule has 4 atom stereocenters. The van der Waals surface area contributed by atoms with E-state index in [-0.39, 0.29) is 0 Å². The van der Waals surface area contributed by atoms with E-state index in [1.807, 2.05) is 0 Å². The maximum Gasteiger partial charge on any atom is 0.0638 e. The lowest BCUT2D eigenvalue weighted by Crippen LogP contribution is -2.32. The summed E-state index contributed by atoms with van der Waals surface area (Å²) in [5.74, 6) is 2.95. The minimum atomic E-state index is 0.374. The zero-order valence-corrected chi connectivity index (χ0v) is 9.00. The second-order valence-electron chi connectivity index (χ2n) is 5.11. The summed E-state index contributed by atoms with van der Waals surface area (Å²) in [5.41, 5.74) is 0. The highest BCUT2D eigenvalue weighted by Crippen LogP contribution is 2.47. The summed E-state index contributed by atoms with van der Waals surface area (Å²) in [6, 6.07) is 2.59. The Bertz CT molecular complexity index is 231. The minimum absolute atomic E-state index is 0.374. The molecule has 2 aliphatic rings. The molecule has 0 amide bonds. The van der Waals surface area contributed by atoms with Crippen molar-refractivity contribution in [2.24, 2.45) is 17.8 Å². The van der Waals surface area contributed by atoms with Crippen molar-refractivity contribution in [3.8, 4) is 6.07 Å². The minimum Gasteiger partial charge on any atom is -0.313 e. The number of hydrogen-bond acceptors (Lipinski definition) is 2. The predicted octanol–water partition coefficient (Wildman–Crippen LogP) is 2.31. The van der Waals surface area contributed by atoms with Gasteiger partial charge in [-0.15, -0.1) is 0 Å². The van der Waals surface area contributed by atoms with E-state index in [9.17, 15) is 0 Å². The van der Waals surface area contributed by atoms with E-state index in [4.69, 9.17) is 5.26 Å². The molecule has 0 aromatic carbocycles. The third-order valence-electron chi connectivity index (χ3n) is 4.01. The Morgan fingerprint density at radius 2 is 2.29 bits per heavy atom. The van der Waals surface area contributed by atoms with E-state index in [0.29, 0.717) is 12.5 Å². The first kappa shape index (κ1) is 9.98. The largest absolute Gasteiger partial charge is 0.313 e. The van der Waals surface area contributed by atoms with Crippen LogP contribution in [-0.4, -0.2) is 12.6 Å². The summed E-state index contributed by atoms with van der Waals surface area (Å²) in [6.07, 6.45) is 6.51. The SMILES string of the molecule is CC(CC#N)NCC1CC2CCC1C2. The predicted molar refractivity (Wildman–Crippen MR) is 56.6 cm³/mol. The molecule has 2 bridgehead atoms. The van der Waals surface area contributed by atoms with Gasteiger partial charge in [0.05, 0.1) is 12.5 Å². The average Bonchev–Trinajstić information content (AvgIpc) is 2.76. The first-order valence-electron chi connectivity index (χ1n) is 5.90. The van der Waals surface area contributed by atoms with Crippen molar-refractivity contribution in [3.63, 3.8) is 0 Å². The van der Waals surface area contributed by atoms with Gasteiger partial charge in [-0.25, -0.2) is 0 Å². The van der Waals surface area contributed by atoms with Gasteiger partial charge in [0.1, 0.15) is 0 Å². The molecule has 2 aliphatic carbocycles. The Hall–Kier alpha value is -0.550. The van der Waals surface area contributed by atoms with Gasteiger partial charge in [0.2, 0.25) is 0 Å². The fourth-order valence-corrected chi connectivity index (χ4v) is 3.19. The normalized spacial score (nSPS) is 37.0. The molecule has 2 rings (SSSR count). The molecule has 0 radical (unpaired) electrons. The summed E-state index contributed by atoms with van der Waals surface area (Å²) in [5, 5.41) is 12.0. The van der Waals surface area contributed by atoms with Crippen molar-refractivity contribution in [1.29, 1.82) is 5.26 Å². The highest BCUT2D eigenvalue weighted by Gasteiger charge is 2.38. The number of hydrogen-bond donors (Lipinski definition) is 1. The van der Waals surface area contributed by atoms with E-state index in [0.717, 1.165) is 24.3 Å². The van der Waals surface area contributed by atoms with E-state index < -0.39 is 0 Å². The number of fused-ring (bicyclic) bond motifs is 2. The molecule has 2 nitrogen and oxygen atoms in total. The van der Waals surface area contributed by atoms with Gasteiger partial charge in [-0.2, -0.15) is 5.26 Å². The molecule has 2 heteroatoms. The second kappa shape index (κ2) is 4.31. The van der Waals surface area contributed by atoms with Gasteiger partial charge >= 0.3 is 0 Å². The van der Waals surface area contributed by atoms with Gasteiger partial charge < -0.3 is 5.32 Å². The molecule has 0 aromatic heterocycles. The van der Waals surface area contributed by atoms with E-state index in [1.54, 1.807) is 0 Å². The van der Waals surface area contributed by atoms with Crippen molar-refractivity contribution >= 4 is 0 Å². The molecule has 0 saturated heterocycles. The third kappa shape index (κ3) is 2.09. The van der Waals surface area contributed by atoms with Crippen LogP contribution in [-0.2, 0) is 0 Å². The molecule has 14 heavy (non-hydrogen) atoms. The van der Waals surface area contributed by atoms with Crippen LogP contribution < -0.4 is 5.32 Å². The van der Waals surface area contributed by atoms with E-state index in [1.165, 1.54) is 25.7 Å². The summed E-state index contributed by atoms with van der Waals surface area (Å²) in [7, 11) is 0. The first-order chi connectivity index (χ1) is 6.79. The standard InChI is InChI=1S/C12H20N2/c1-9(4-5-13)14-8-12-7-10-2-3-11(12)6-10/h9-12,14H,2-4,6-8H2,1H3. The van der Waals surface area contributed by atoms with Crippen molar-refractivity contribution in [1.82, 2.24) is 5.32 Å². The van der Waals surface area contributed by atoms with E-state index >= 15 is 0 Å². The quantitative estimate of drug-likeness (QED) is 0.742. The van der Waals surface area contributed by atoms with Crippen LogP contribution in [0, 0.1) is 29.1 Å². The molecule has 0 aliphatic heterocycles. The maximum atomic E-state index is 8.54. The lowest BCUT2D eigenvalue weighted by molar-refractivity contribution is 0.309. The molecule has 78 valence electrons. The summed E-state index contributed by atoms with van der Waals surface area (Å²) in [6.45, 7) is 3.25. The van der Waals surface area contributed by atoms with Crippen LogP contribution in [0.15, 0.2) is 0 Å². The van der Waals surface area contributed by atoms with Crippen molar-refractivity contribution in [2.75, 3.05) is 6.54 Å². The summed E-state index contributed by atoms with van der Waals surface area (Å²) >= 11 is 0. The Kier molecular flexibility index (Phi) is 3.08. The highest BCUT2D eigenvalue weighted by atomic mass is 14.9. The monoisotopic (exact) mass is 192 g/mol. The summed E-state index contributed by atoms with van der Waals surface area (Å²) in [4.78, 5) is 0. The topological polar surface area (TPSA) is 35.8 Å². The van der Waals surface area contributed by atoms with Crippen LogP contribution in [0.3, 0.4) is 0 Å². The van der Waals surface area contributed by atoms with Crippen LogP contribution in [0.4, 0.5) is 0 Å². The molecule has 0 spiro atoms. The Balaban J connectivity index is 1.69. The lowest BCUT2D eigenvalue weighted by atomic mass is 9.88. The van der Waals surface area contributed by atoms with Gasteiger partial charge in [0, 0.05) is 6.04 Å². The van der Waals surface area contributed by atoms with Crippen LogP contribution in [0.5, 0.6) is 0 Å². The fourth-order valence-electron chi connectivity index (χ4n) is 3.19. The zero-order chi connectivity index (χ0) is 9.97. The second-order valence-corrected chi connectivity index (χ2v) is 5.11. The smallest absolute Gasteiger partial charge is 0.0638 e. The van der Waals surface area contributed by atoms with Crippen molar-refractivity contribution in [3.05, 3.63) is 0 Å². The van der Waals surface area contributed by atoms with Crippen LogP contribution in [0.1, 0.15) is 39.0 Å². The fraction of sp³-hybridized carbons (Fsp3) is 0.917. The Morgan fingerprint density at radius 3 is 2.86 bits per heavy atom. The van der Waals surface area contributed by atoms with E-state index in [2.05, 4.69) is 18.3 Å². The third-order valence-corrected chi connectivity index (χ3v) is 4.01. The maximum absolute atomic E-state index is 8.54. The van der Waals surface area contributed by atoms with Crippen LogP contribution >= 0.6 is 0 Å². The Labute approximate surface area is 86.7 Å². The molecule has 0 aromatic rings. The first-order valence-corrected chi connectivity index (χ1v) is 5.90. The van der Waals surface area contributed by atoms with Gasteiger partial charge in [0.25, 0.3) is 0 Å². The number of nitrogens with zero attached hydrogens (tertiary/aromatic N) is 1. The van der Waals surface area contributed by atoms with Gasteiger partial charge in [-0.05, 0) is 50.5 Å². The molecule has 2 saturated carbocycles. The van der Waals surface area contributed by atoms with Crippen LogP contribution in [0.2, 0.25) is 0 Å². The molecular weight excluding hydrogens is 172 g/mol. The van der Waals surface area contributed by atoms with Crippen LogP contribution in [0.25, 0.3) is 0 Å². The lowest BCUT2D eigenvalue weighted by Gasteiger charge is -2.23. The van der Waals surface area contributed by atoms with Crippen molar-refractivity contribution in [2.45, 2.75) is 45.1 Å². The highest BCUT2D eigenvalue weighted by molar-refractivity contribution is 4.91. The molecule has 4 unspecified atom stereocenters. The van der Waals surface area contributed by atoms with Crippen molar-refractivity contribution < 1.29 is 0 Å².